The highest BCUT2D eigenvalue weighted by Gasteiger charge is 2.57. The Labute approximate surface area is 124 Å². The molecule has 0 bridgehead atoms. The van der Waals surface area contributed by atoms with Crippen molar-refractivity contribution in [2.75, 3.05) is 6.61 Å². The Bertz CT molecular complexity index is 460. The minimum atomic E-state index is 0.261. The molecule has 1 aliphatic carbocycles. The van der Waals surface area contributed by atoms with Crippen LogP contribution < -0.4 is 5.32 Å². The van der Waals surface area contributed by atoms with E-state index >= 15 is 0 Å². The van der Waals surface area contributed by atoms with Crippen LogP contribution in [0.2, 0.25) is 0 Å². The fourth-order valence-electron chi connectivity index (χ4n) is 3.81. The van der Waals surface area contributed by atoms with E-state index in [9.17, 15) is 0 Å². The quantitative estimate of drug-likeness (QED) is 0.914. The summed E-state index contributed by atoms with van der Waals surface area (Å²) in [6, 6.07) is 9.12. The highest BCUT2D eigenvalue weighted by atomic mass is 79.9. The van der Waals surface area contributed by atoms with Gasteiger partial charge in [-0.3, -0.25) is 0 Å². The molecule has 3 rings (SSSR count). The van der Waals surface area contributed by atoms with Crippen molar-refractivity contribution in [3.8, 4) is 0 Å². The summed E-state index contributed by atoms with van der Waals surface area (Å²) in [4.78, 5) is 0. The molecule has 0 amide bonds. The number of fused-ring (bicyclic) bond motifs is 1. The summed E-state index contributed by atoms with van der Waals surface area (Å²) in [5.74, 6) is 0.705. The van der Waals surface area contributed by atoms with Crippen molar-refractivity contribution in [1.82, 2.24) is 5.32 Å². The Morgan fingerprint density at radius 3 is 3.05 bits per heavy atom. The van der Waals surface area contributed by atoms with Crippen molar-refractivity contribution in [2.45, 2.75) is 45.4 Å². The van der Waals surface area contributed by atoms with E-state index < -0.39 is 0 Å². The van der Waals surface area contributed by atoms with Crippen molar-refractivity contribution in [3.05, 3.63) is 34.3 Å². The van der Waals surface area contributed by atoms with E-state index in [1.54, 1.807) is 0 Å². The fraction of sp³-hybridized carbons (Fsp3) is 0.625. The number of nitrogens with one attached hydrogen (secondary N) is 1. The molecule has 0 radical (unpaired) electrons. The molecular formula is C16H22BrNO. The third-order valence-electron chi connectivity index (χ3n) is 4.75. The minimum Gasteiger partial charge on any atom is -0.377 e. The lowest BCUT2D eigenvalue weighted by Crippen LogP contribution is -2.69. The molecule has 0 aromatic heterocycles. The number of benzene rings is 1. The Kier molecular flexibility index (Phi) is 3.71. The van der Waals surface area contributed by atoms with Gasteiger partial charge in [0.05, 0.1) is 6.10 Å². The van der Waals surface area contributed by atoms with E-state index in [0.29, 0.717) is 18.1 Å². The monoisotopic (exact) mass is 323 g/mol. The Morgan fingerprint density at radius 1 is 1.42 bits per heavy atom. The topological polar surface area (TPSA) is 21.3 Å². The van der Waals surface area contributed by atoms with E-state index in [2.05, 4.69) is 59.4 Å². The molecule has 2 nitrogen and oxygen atoms in total. The van der Waals surface area contributed by atoms with Gasteiger partial charge in [0, 0.05) is 35.0 Å². The second-order valence-corrected chi connectivity index (χ2v) is 7.32. The van der Waals surface area contributed by atoms with Gasteiger partial charge in [-0.05, 0) is 30.5 Å². The van der Waals surface area contributed by atoms with Crippen LogP contribution >= 0.6 is 15.9 Å². The van der Waals surface area contributed by atoms with Gasteiger partial charge in [-0.25, -0.2) is 0 Å². The van der Waals surface area contributed by atoms with Gasteiger partial charge in [0.2, 0.25) is 0 Å². The third-order valence-corrected chi connectivity index (χ3v) is 5.24. The van der Waals surface area contributed by atoms with Crippen LogP contribution in [-0.4, -0.2) is 18.8 Å². The molecule has 2 fully saturated rings. The highest BCUT2D eigenvalue weighted by molar-refractivity contribution is 9.10. The van der Waals surface area contributed by atoms with Crippen molar-refractivity contribution in [1.29, 1.82) is 0 Å². The van der Waals surface area contributed by atoms with Gasteiger partial charge < -0.3 is 10.1 Å². The van der Waals surface area contributed by atoms with Crippen LogP contribution in [-0.2, 0) is 11.3 Å². The van der Waals surface area contributed by atoms with E-state index in [0.717, 1.165) is 17.6 Å². The summed E-state index contributed by atoms with van der Waals surface area (Å²) < 4.78 is 7.10. The lowest BCUT2D eigenvalue weighted by atomic mass is 9.55. The molecular weight excluding hydrogens is 302 g/mol. The van der Waals surface area contributed by atoms with Crippen LogP contribution in [0.4, 0.5) is 0 Å². The van der Waals surface area contributed by atoms with Crippen LogP contribution in [0.25, 0.3) is 0 Å². The molecule has 3 unspecified atom stereocenters. The lowest BCUT2D eigenvalue weighted by molar-refractivity contribution is -0.192. The van der Waals surface area contributed by atoms with Gasteiger partial charge in [-0.15, -0.1) is 0 Å². The van der Waals surface area contributed by atoms with Crippen LogP contribution in [0, 0.1) is 11.3 Å². The van der Waals surface area contributed by atoms with Gasteiger partial charge in [0.15, 0.2) is 0 Å². The first-order valence-corrected chi connectivity index (χ1v) is 7.98. The summed E-state index contributed by atoms with van der Waals surface area (Å²) >= 11 is 3.53. The van der Waals surface area contributed by atoms with E-state index in [-0.39, 0.29) is 5.41 Å². The molecule has 1 aliphatic heterocycles. The van der Waals surface area contributed by atoms with Crippen LogP contribution in [0.3, 0.4) is 0 Å². The summed E-state index contributed by atoms with van der Waals surface area (Å²) in [5.41, 5.74) is 1.60. The summed E-state index contributed by atoms with van der Waals surface area (Å²) in [7, 11) is 0. The second kappa shape index (κ2) is 5.19. The molecule has 104 valence electrons. The normalized spacial score (nSPS) is 32.5. The maximum absolute atomic E-state index is 5.95. The highest BCUT2D eigenvalue weighted by Crippen LogP contribution is 2.51. The van der Waals surface area contributed by atoms with Crippen LogP contribution in [0.15, 0.2) is 28.7 Å². The Balaban J connectivity index is 1.63. The van der Waals surface area contributed by atoms with Gasteiger partial charge in [-0.1, -0.05) is 41.9 Å². The second-order valence-electron chi connectivity index (χ2n) is 6.41. The van der Waals surface area contributed by atoms with Crippen molar-refractivity contribution in [3.63, 3.8) is 0 Å². The Morgan fingerprint density at radius 2 is 2.26 bits per heavy atom. The number of ether oxygens (including phenoxy) is 1. The van der Waals surface area contributed by atoms with Crippen LogP contribution in [0.5, 0.6) is 0 Å². The van der Waals surface area contributed by atoms with E-state index in [1.807, 2.05) is 0 Å². The summed E-state index contributed by atoms with van der Waals surface area (Å²) in [6.07, 6.45) is 2.98. The van der Waals surface area contributed by atoms with Crippen molar-refractivity contribution in [2.24, 2.45) is 11.3 Å². The average Bonchev–Trinajstić information content (AvgIpc) is 2.39. The number of hydrogen-bond donors (Lipinski definition) is 1. The smallest absolute Gasteiger partial charge is 0.0684 e. The van der Waals surface area contributed by atoms with Gasteiger partial charge in [0.1, 0.15) is 0 Å². The number of rotatable bonds is 3. The molecule has 1 N–H and O–H groups in total. The molecule has 1 saturated carbocycles. The van der Waals surface area contributed by atoms with Gasteiger partial charge >= 0.3 is 0 Å². The molecule has 1 saturated heterocycles. The summed E-state index contributed by atoms with van der Waals surface area (Å²) in [6.45, 7) is 6.55. The lowest BCUT2D eigenvalue weighted by Gasteiger charge is -2.60. The summed E-state index contributed by atoms with van der Waals surface area (Å²) in [5, 5.41) is 3.75. The number of hydrogen-bond acceptors (Lipinski definition) is 2. The molecule has 1 aromatic carbocycles. The minimum absolute atomic E-state index is 0.261. The first kappa shape index (κ1) is 13.6. The van der Waals surface area contributed by atoms with Crippen LogP contribution in [0.1, 0.15) is 32.3 Å². The molecule has 1 aromatic rings. The standard InChI is InChI=1S/C16H22BrNO/c1-16(2)14(13-7-4-8-19-15(13)16)18-10-11-5-3-6-12(17)9-11/h3,5-6,9,13-15,18H,4,7-8,10H2,1-2H3. The van der Waals surface area contributed by atoms with Crippen molar-refractivity contribution >= 4 is 15.9 Å². The number of halogens is 1. The zero-order chi connectivity index (χ0) is 13.5. The van der Waals surface area contributed by atoms with Gasteiger partial charge in [-0.2, -0.15) is 0 Å². The third kappa shape index (κ3) is 2.48. The predicted octanol–water partition coefficient (Wildman–Crippen LogP) is 3.74. The first-order valence-electron chi connectivity index (χ1n) is 7.18. The van der Waals surface area contributed by atoms with Crippen molar-refractivity contribution < 1.29 is 4.74 Å². The molecule has 0 spiro atoms. The molecule has 1 heterocycles. The first-order chi connectivity index (χ1) is 9.09. The SMILES string of the molecule is CC1(C)C(NCc2cccc(Br)c2)C2CCCOC21. The molecule has 19 heavy (non-hydrogen) atoms. The zero-order valence-corrected chi connectivity index (χ0v) is 13.2. The fourth-order valence-corrected chi connectivity index (χ4v) is 4.26. The van der Waals surface area contributed by atoms with E-state index in [4.69, 9.17) is 4.74 Å². The van der Waals surface area contributed by atoms with E-state index in [1.165, 1.54) is 18.4 Å². The average molecular weight is 324 g/mol. The largest absolute Gasteiger partial charge is 0.377 e. The zero-order valence-electron chi connectivity index (χ0n) is 11.7. The molecule has 3 atom stereocenters. The molecule has 3 heteroatoms. The maximum atomic E-state index is 5.95. The molecule has 2 aliphatic rings. The Hall–Kier alpha value is -0.380. The predicted molar refractivity (Wildman–Crippen MR) is 81.0 cm³/mol. The maximum Gasteiger partial charge on any atom is 0.0684 e. The van der Waals surface area contributed by atoms with Gasteiger partial charge in [0.25, 0.3) is 0 Å².